The second-order valence-corrected chi connectivity index (χ2v) is 10.0. The van der Waals surface area contributed by atoms with Gasteiger partial charge in [-0.25, -0.2) is 9.28 Å². The molecule has 6 nitrogen and oxygen atoms in total. The van der Waals surface area contributed by atoms with Gasteiger partial charge in [-0.05, 0) is 55.5 Å². The first-order valence-corrected chi connectivity index (χ1v) is 11.9. The van der Waals surface area contributed by atoms with Gasteiger partial charge in [-0.1, -0.05) is 36.4 Å². The van der Waals surface area contributed by atoms with E-state index in [1.165, 1.54) is 33.1 Å². The van der Waals surface area contributed by atoms with E-state index in [2.05, 4.69) is 15.5 Å². The molecule has 0 aliphatic heterocycles. The van der Waals surface area contributed by atoms with Gasteiger partial charge in [-0.2, -0.15) is 22.8 Å². The van der Waals surface area contributed by atoms with Crippen molar-refractivity contribution in [2.45, 2.75) is 67.5 Å². The maximum absolute atomic E-state index is 14.4. The van der Waals surface area contributed by atoms with E-state index in [1.54, 1.807) is 36.4 Å². The Morgan fingerprint density at radius 2 is 1.64 bits per heavy atom. The molecule has 0 unspecified atom stereocenters. The molecule has 1 aliphatic rings. The first kappa shape index (κ1) is 27.9. The van der Waals surface area contributed by atoms with Gasteiger partial charge in [0.2, 0.25) is 5.91 Å². The summed E-state index contributed by atoms with van der Waals surface area (Å²) in [5, 5.41) is 14.0. The second-order valence-electron chi connectivity index (χ2n) is 9.26. The molecule has 0 bridgehead atoms. The molecule has 1 amide bonds. The van der Waals surface area contributed by atoms with Crippen LogP contribution in [0.2, 0.25) is 0 Å². The van der Waals surface area contributed by atoms with E-state index >= 15 is 0 Å². The predicted octanol–water partition coefficient (Wildman–Crippen LogP) is 5.81. The summed E-state index contributed by atoms with van der Waals surface area (Å²) in [5.74, 6) is -0.832. The van der Waals surface area contributed by atoms with E-state index < -0.39 is 41.8 Å². The minimum absolute atomic E-state index is 0.122. The van der Waals surface area contributed by atoms with Crippen LogP contribution in [0.25, 0.3) is 11.1 Å². The van der Waals surface area contributed by atoms with E-state index in [0.717, 1.165) is 22.5 Å². The minimum Gasteiger partial charge on any atom is -0.336 e. The van der Waals surface area contributed by atoms with Gasteiger partial charge in [0.25, 0.3) is 0 Å². The summed E-state index contributed by atoms with van der Waals surface area (Å²) >= 11 is 1.02. The standard InChI is InChI=1S/C25H27F4N3O3S/c1-23(2,26)14-20(22(33)32-24(15-30)12-13-24)31-21(25(27,28)29)18-6-4-16(5-7-18)17-8-10-19(11-9-17)36-35-34-3/h4-11,20-21,31H,12-14H2,1-3H3,(H,32,33)/t20-,21-/m0/s1. The SMILES string of the molecule is COOSc1ccc(-c2ccc([C@H](N[C@@H](CC(C)(C)F)C(=O)NC3(C#N)CC3)C(F)(F)F)cc2)cc1. The van der Waals surface area contributed by atoms with E-state index in [-0.39, 0.29) is 5.56 Å². The lowest BCUT2D eigenvalue weighted by Crippen LogP contribution is -2.53. The van der Waals surface area contributed by atoms with Crippen LogP contribution in [0.3, 0.4) is 0 Å². The zero-order valence-electron chi connectivity index (χ0n) is 20.0. The highest BCUT2D eigenvalue weighted by Crippen LogP contribution is 2.37. The molecular weight excluding hydrogens is 498 g/mol. The van der Waals surface area contributed by atoms with Gasteiger partial charge >= 0.3 is 6.18 Å². The van der Waals surface area contributed by atoms with Gasteiger partial charge in [0, 0.05) is 11.3 Å². The quantitative estimate of drug-likeness (QED) is 0.167. The fourth-order valence-electron chi connectivity index (χ4n) is 3.65. The van der Waals surface area contributed by atoms with Crippen molar-refractivity contribution < 1.29 is 31.6 Å². The number of alkyl halides is 4. The number of hydrogen-bond acceptors (Lipinski definition) is 6. The molecular formula is C25H27F4N3O3S. The Hall–Kier alpha value is -2.65. The summed E-state index contributed by atoms with van der Waals surface area (Å²) in [6.07, 6.45) is -4.44. The topological polar surface area (TPSA) is 83.4 Å². The highest BCUT2D eigenvalue weighted by atomic mass is 32.2. The summed E-state index contributed by atoms with van der Waals surface area (Å²) < 4.78 is 61.5. The van der Waals surface area contributed by atoms with E-state index in [0.29, 0.717) is 18.4 Å². The van der Waals surface area contributed by atoms with Crippen molar-refractivity contribution in [1.29, 1.82) is 5.26 Å². The summed E-state index contributed by atoms with van der Waals surface area (Å²) in [7, 11) is 1.38. The number of carbonyl (C=O) groups excluding carboxylic acids is 1. The number of nitrogens with zero attached hydrogens (tertiary/aromatic N) is 1. The molecule has 0 saturated heterocycles. The monoisotopic (exact) mass is 525 g/mol. The average Bonchev–Trinajstić information content (AvgIpc) is 3.59. The molecule has 1 fully saturated rings. The van der Waals surface area contributed by atoms with Crippen molar-refractivity contribution in [2.75, 3.05) is 7.11 Å². The van der Waals surface area contributed by atoms with Gasteiger partial charge < -0.3 is 5.32 Å². The Bertz CT molecular complexity index is 1080. The first-order chi connectivity index (χ1) is 16.9. The zero-order chi connectivity index (χ0) is 26.6. The highest BCUT2D eigenvalue weighted by Gasteiger charge is 2.48. The maximum atomic E-state index is 14.4. The van der Waals surface area contributed by atoms with Gasteiger partial charge in [0.05, 0.1) is 31.3 Å². The lowest BCUT2D eigenvalue weighted by molar-refractivity contribution is -0.161. The minimum atomic E-state index is -4.76. The Kier molecular flexibility index (Phi) is 8.67. The molecule has 2 N–H and O–H groups in total. The third-order valence-corrected chi connectivity index (χ3v) is 6.33. The number of rotatable bonds is 11. The van der Waals surface area contributed by atoms with Crippen LogP contribution in [0, 0.1) is 11.3 Å². The molecule has 0 radical (unpaired) electrons. The summed E-state index contributed by atoms with van der Waals surface area (Å²) in [5.41, 5.74) is -1.66. The third kappa shape index (κ3) is 7.67. The number of halogens is 4. The molecule has 2 aromatic carbocycles. The Morgan fingerprint density at radius 1 is 1.08 bits per heavy atom. The number of nitriles is 1. The van der Waals surface area contributed by atoms with Crippen LogP contribution in [0.4, 0.5) is 17.6 Å². The summed E-state index contributed by atoms with van der Waals surface area (Å²) in [6.45, 7) is 2.38. The number of benzene rings is 2. The van der Waals surface area contributed by atoms with E-state index in [4.69, 9.17) is 4.33 Å². The molecule has 0 aromatic heterocycles. The average molecular weight is 526 g/mol. The summed E-state index contributed by atoms with van der Waals surface area (Å²) in [6, 6.07) is 11.1. The van der Waals surface area contributed by atoms with Crippen LogP contribution in [0.5, 0.6) is 0 Å². The van der Waals surface area contributed by atoms with E-state index in [1.807, 2.05) is 6.07 Å². The predicted molar refractivity (Wildman–Crippen MR) is 127 cm³/mol. The van der Waals surface area contributed by atoms with Crippen LogP contribution in [0.15, 0.2) is 53.4 Å². The van der Waals surface area contributed by atoms with Crippen molar-refractivity contribution in [3.05, 3.63) is 54.1 Å². The van der Waals surface area contributed by atoms with Crippen LogP contribution in [0.1, 0.15) is 44.7 Å². The molecule has 36 heavy (non-hydrogen) atoms. The number of amides is 1. The molecule has 1 saturated carbocycles. The molecule has 11 heteroatoms. The Morgan fingerprint density at radius 3 is 2.08 bits per heavy atom. The third-order valence-electron chi connectivity index (χ3n) is 5.66. The van der Waals surface area contributed by atoms with Crippen LogP contribution in [-0.2, 0) is 14.0 Å². The van der Waals surface area contributed by atoms with Crippen molar-refractivity contribution in [3.63, 3.8) is 0 Å². The molecule has 0 heterocycles. The van der Waals surface area contributed by atoms with Crippen LogP contribution >= 0.6 is 12.0 Å². The molecule has 194 valence electrons. The number of carbonyl (C=O) groups is 1. The molecule has 2 aromatic rings. The van der Waals surface area contributed by atoms with Gasteiger partial charge in [0.1, 0.15) is 17.2 Å². The van der Waals surface area contributed by atoms with Crippen LogP contribution < -0.4 is 10.6 Å². The fraction of sp³-hybridized carbons (Fsp3) is 0.440. The summed E-state index contributed by atoms with van der Waals surface area (Å²) in [4.78, 5) is 18.1. The number of nitrogens with one attached hydrogen (secondary N) is 2. The smallest absolute Gasteiger partial charge is 0.336 e. The van der Waals surface area contributed by atoms with Gasteiger partial charge in [-0.3, -0.25) is 10.1 Å². The largest absolute Gasteiger partial charge is 0.407 e. The lowest BCUT2D eigenvalue weighted by Gasteiger charge is -2.30. The van der Waals surface area contributed by atoms with Crippen LogP contribution in [-0.4, -0.2) is 36.4 Å². The maximum Gasteiger partial charge on any atom is 0.407 e. The fourth-order valence-corrected chi connectivity index (χ4v) is 4.04. The Balaban J connectivity index is 1.81. The zero-order valence-corrected chi connectivity index (χ0v) is 20.8. The molecule has 1 aliphatic carbocycles. The van der Waals surface area contributed by atoms with Crippen molar-refractivity contribution in [1.82, 2.24) is 10.6 Å². The van der Waals surface area contributed by atoms with E-state index in [9.17, 15) is 27.6 Å². The number of hydrogen-bond donors (Lipinski definition) is 2. The second kappa shape index (κ2) is 11.2. The van der Waals surface area contributed by atoms with Crippen molar-refractivity contribution >= 4 is 17.9 Å². The highest BCUT2D eigenvalue weighted by molar-refractivity contribution is 7.94. The van der Waals surface area contributed by atoms with Gasteiger partial charge in [-0.15, -0.1) is 0 Å². The molecule has 0 spiro atoms. The van der Waals surface area contributed by atoms with Crippen molar-refractivity contribution in [3.8, 4) is 17.2 Å². The van der Waals surface area contributed by atoms with Gasteiger partial charge in [0.15, 0.2) is 0 Å². The molecule has 3 rings (SSSR count). The molecule has 2 atom stereocenters. The van der Waals surface area contributed by atoms with Crippen molar-refractivity contribution in [2.24, 2.45) is 0 Å². The normalized spacial score (nSPS) is 16.6. The Labute approximate surface area is 211 Å². The first-order valence-electron chi connectivity index (χ1n) is 11.2. The lowest BCUT2D eigenvalue weighted by atomic mass is 9.96.